The summed E-state index contributed by atoms with van der Waals surface area (Å²) >= 11 is 0. The van der Waals surface area contributed by atoms with Gasteiger partial charge < -0.3 is 35.8 Å². The second-order valence-corrected chi connectivity index (χ2v) is 4.83. The zero-order valence-electron chi connectivity index (χ0n) is 12.7. The number of nitrogens with zero attached hydrogens (tertiary/aromatic N) is 2. The molecule has 0 saturated carbocycles. The molecule has 18 heavy (non-hydrogen) atoms. The van der Waals surface area contributed by atoms with Gasteiger partial charge >= 0.3 is 0 Å². The maximum absolute atomic E-state index is 5.59. The van der Waals surface area contributed by atoms with E-state index in [2.05, 4.69) is 32.8 Å². The lowest BCUT2D eigenvalue weighted by molar-refractivity contribution is -0.924. The Morgan fingerprint density at radius 2 is 1.56 bits per heavy atom. The molecule has 0 atom stereocenters. The molecule has 0 aliphatic rings. The van der Waals surface area contributed by atoms with Crippen molar-refractivity contribution >= 4 is 0 Å². The monoisotopic (exact) mass is 326 g/mol. The Hall–Kier alpha value is 0.320. The van der Waals surface area contributed by atoms with E-state index in [4.69, 9.17) is 9.47 Å². The van der Waals surface area contributed by atoms with Gasteiger partial charge in [0, 0.05) is 13.7 Å². The summed E-state index contributed by atoms with van der Waals surface area (Å²) in [4.78, 5) is 2.25. The lowest BCUT2D eigenvalue weighted by atomic mass is 10.3. The Kier molecular flexibility index (Phi) is 14.2. The normalized spacial score (nSPS) is 11.7. The second kappa shape index (κ2) is 12.4. The Morgan fingerprint density at radius 1 is 0.944 bits per heavy atom. The average molecular weight is 327 g/mol. The van der Waals surface area contributed by atoms with E-state index in [-0.39, 0.29) is 17.0 Å². The molecule has 0 N–H and O–H groups in total. The van der Waals surface area contributed by atoms with E-state index in [9.17, 15) is 0 Å². The molecule has 5 heteroatoms. The van der Waals surface area contributed by atoms with Crippen molar-refractivity contribution in [1.82, 2.24) is 4.90 Å². The van der Waals surface area contributed by atoms with Crippen LogP contribution >= 0.6 is 0 Å². The highest BCUT2D eigenvalue weighted by molar-refractivity contribution is 4.46. The molecule has 0 rings (SSSR count). The van der Waals surface area contributed by atoms with E-state index in [0.29, 0.717) is 13.2 Å². The van der Waals surface area contributed by atoms with Crippen LogP contribution in [0.5, 0.6) is 0 Å². The van der Waals surface area contributed by atoms with Gasteiger partial charge in [-0.1, -0.05) is 0 Å². The topological polar surface area (TPSA) is 21.7 Å². The van der Waals surface area contributed by atoms with Crippen LogP contribution in [0.25, 0.3) is 0 Å². The molecule has 0 radical (unpaired) electrons. The molecule has 0 unspecified atom stereocenters. The molecule has 0 aliphatic heterocycles. The minimum atomic E-state index is 0. The van der Waals surface area contributed by atoms with Gasteiger partial charge in [0.1, 0.15) is 6.54 Å². The molecule has 0 fully saturated rings. The smallest absolute Gasteiger partial charge is 0.102 e. The standard InChI is InChI=1S/C13H31N2O2.BrH/c1-6-15(7-2,9-8-14(3)4)10-11-17-13-12-16-5;/h6-13H2,1-5H3;1H/q+1;/p-1. The fourth-order valence-corrected chi connectivity index (χ4v) is 1.88. The van der Waals surface area contributed by atoms with Crippen LogP contribution in [0.15, 0.2) is 0 Å². The molecule has 0 aromatic rings. The zero-order chi connectivity index (χ0) is 13.1. The number of quaternary nitrogens is 1. The maximum atomic E-state index is 5.59. The molecule has 112 valence electrons. The van der Waals surface area contributed by atoms with E-state index in [1.165, 1.54) is 19.6 Å². The maximum Gasteiger partial charge on any atom is 0.102 e. The van der Waals surface area contributed by atoms with Crippen molar-refractivity contribution in [2.75, 3.05) is 73.7 Å². The van der Waals surface area contributed by atoms with Gasteiger partial charge in [-0.3, -0.25) is 0 Å². The van der Waals surface area contributed by atoms with Gasteiger partial charge in [0.15, 0.2) is 0 Å². The first-order chi connectivity index (χ1) is 8.10. The van der Waals surface area contributed by atoms with Gasteiger partial charge in [0.2, 0.25) is 0 Å². The summed E-state index contributed by atoms with van der Waals surface area (Å²) in [5.74, 6) is 0. The van der Waals surface area contributed by atoms with Gasteiger partial charge in [-0.25, -0.2) is 0 Å². The van der Waals surface area contributed by atoms with Gasteiger partial charge in [-0.05, 0) is 27.9 Å². The van der Waals surface area contributed by atoms with Gasteiger partial charge in [0.25, 0.3) is 0 Å². The van der Waals surface area contributed by atoms with Crippen molar-refractivity contribution in [2.45, 2.75) is 13.8 Å². The molecular formula is C13H31BrN2O2. The molecule has 0 bridgehead atoms. The summed E-state index contributed by atoms with van der Waals surface area (Å²) in [6.45, 7) is 12.6. The third-order valence-electron chi connectivity index (χ3n) is 3.50. The van der Waals surface area contributed by atoms with Crippen molar-refractivity contribution < 1.29 is 30.9 Å². The summed E-state index contributed by atoms with van der Waals surface area (Å²) in [5, 5.41) is 0. The van der Waals surface area contributed by atoms with Crippen LogP contribution in [0.2, 0.25) is 0 Å². The lowest BCUT2D eigenvalue weighted by Gasteiger charge is -2.37. The minimum Gasteiger partial charge on any atom is -1.00 e. The SMILES string of the molecule is CC[N+](CC)(CCOCCOC)CCN(C)C.[Br-]. The average Bonchev–Trinajstić information content (AvgIpc) is 2.33. The predicted octanol–water partition coefficient (Wildman–Crippen LogP) is -1.93. The minimum absolute atomic E-state index is 0. The number of ether oxygens (including phenoxy) is 2. The largest absolute Gasteiger partial charge is 1.00 e. The number of likely N-dealkylation sites (N-methyl/N-ethyl adjacent to an activating group) is 2. The molecule has 0 aromatic heterocycles. The third kappa shape index (κ3) is 9.28. The fraction of sp³-hybridized carbons (Fsp3) is 1.00. The first kappa shape index (κ1) is 20.6. The summed E-state index contributed by atoms with van der Waals surface area (Å²) in [6.07, 6.45) is 0. The van der Waals surface area contributed by atoms with E-state index in [0.717, 1.165) is 24.2 Å². The van der Waals surface area contributed by atoms with Gasteiger partial charge in [0.05, 0.1) is 39.5 Å². The van der Waals surface area contributed by atoms with Crippen LogP contribution in [0.3, 0.4) is 0 Å². The van der Waals surface area contributed by atoms with Gasteiger partial charge in [-0.15, -0.1) is 0 Å². The van der Waals surface area contributed by atoms with Gasteiger partial charge in [-0.2, -0.15) is 0 Å². The van der Waals surface area contributed by atoms with Crippen molar-refractivity contribution in [2.24, 2.45) is 0 Å². The molecule has 0 aromatic carbocycles. The quantitative estimate of drug-likeness (QED) is 0.326. The number of methoxy groups -OCH3 is 1. The van der Waals surface area contributed by atoms with E-state index >= 15 is 0 Å². The Balaban J connectivity index is 0. The molecule has 0 aliphatic carbocycles. The molecule has 0 spiro atoms. The highest BCUT2D eigenvalue weighted by Crippen LogP contribution is 2.06. The summed E-state index contributed by atoms with van der Waals surface area (Å²) in [7, 11) is 5.98. The summed E-state index contributed by atoms with van der Waals surface area (Å²) in [6, 6.07) is 0. The first-order valence-corrected chi connectivity index (χ1v) is 6.66. The van der Waals surface area contributed by atoms with Crippen LogP contribution < -0.4 is 17.0 Å². The Labute approximate surface area is 124 Å². The molecule has 0 saturated heterocycles. The van der Waals surface area contributed by atoms with Crippen LogP contribution in [-0.4, -0.2) is 83.1 Å². The first-order valence-electron chi connectivity index (χ1n) is 6.66. The predicted molar refractivity (Wildman–Crippen MR) is 72.3 cm³/mol. The van der Waals surface area contributed by atoms with Crippen molar-refractivity contribution in [3.05, 3.63) is 0 Å². The Morgan fingerprint density at radius 3 is 2.00 bits per heavy atom. The van der Waals surface area contributed by atoms with Crippen molar-refractivity contribution in [1.29, 1.82) is 0 Å². The highest BCUT2D eigenvalue weighted by atomic mass is 79.9. The van der Waals surface area contributed by atoms with Crippen LogP contribution in [0.4, 0.5) is 0 Å². The summed E-state index contributed by atoms with van der Waals surface area (Å²) in [5.41, 5.74) is 0. The second-order valence-electron chi connectivity index (χ2n) is 4.83. The van der Waals surface area contributed by atoms with E-state index in [1.54, 1.807) is 7.11 Å². The molecule has 0 amide bonds. The molecular weight excluding hydrogens is 296 g/mol. The number of hydrogen-bond acceptors (Lipinski definition) is 3. The third-order valence-corrected chi connectivity index (χ3v) is 3.50. The van der Waals surface area contributed by atoms with E-state index < -0.39 is 0 Å². The zero-order valence-corrected chi connectivity index (χ0v) is 14.3. The molecule has 4 nitrogen and oxygen atoms in total. The fourth-order valence-electron chi connectivity index (χ4n) is 1.88. The number of rotatable bonds is 11. The lowest BCUT2D eigenvalue weighted by Crippen LogP contribution is -3.00. The number of halogens is 1. The van der Waals surface area contributed by atoms with Crippen LogP contribution in [0, 0.1) is 0 Å². The highest BCUT2D eigenvalue weighted by Gasteiger charge is 2.22. The molecule has 0 heterocycles. The van der Waals surface area contributed by atoms with E-state index in [1.807, 2.05) is 0 Å². The Bertz CT molecular complexity index is 176. The van der Waals surface area contributed by atoms with Crippen molar-refractivity contribution in [3.8, 4) is 0 Å². The number of hydrogen-bond donors (Lipinski definition) is 0. The van der Waals surface area contributed by atoms with Crippen molar-refractivity contribution in [3.63, 3.8) is 0 Å². The van der Waals surface area contributed by atoms with Crippen LogP contribution in [0.1, 0.15) is 13.8 Å². The summed E-state index contributed by atoms with van der Waals surface area (Å²) < 4.78 is 11.7. The van der Waals surface area contributed by atoms with Crippen LogP contribution in [-0.2, 0) is 9.47 Å².